The highest BCUT2D eigenvalue weighted by Crippen LogP contribution is 2.29. The van der Waals surface area contributed by atoms with Crippen molar-refractivity contribution in [2.45, 2.75) is 40.2 Å². The van der Waals surface area contributed by atoms with E-state index in [1.165, 1.54) is 12.0 Å². The number of rotatable bonds is 7. The van der Waals surface area contributed by atoms with Crippen molar-refractivity contribution in [3.05, 3.63) is 35.4 Å². The van der Waals surface area contributed by atoms with Gasteiger partial charge in [-0.3, -0.25) is 9.69 Å². The number of carbonyl (C=O) groups excluding carboxylic acids is 1. The molecular weight excluding hydrogens is 357 g/mol. The largest absolute Gasteiger partial charge is 0.338 e. The summed E-state index contributed by atoms with van der Waals surface area (Å²) in [4.78, 5) is 17.0. The lowest BCUT2D eigenvalue weighted by Gasteiger charge is -2.23. The zero-order valence-electron chi connectivity index (χ0n) is 15.7. The molecule has 1 heterocycles. The van der Waals surface area contributed by atoms with Crippen LogP contribution in [0, 0.1) is 5.41 Å². The van der Waals surface area contributed by atoms with Crippen LogP contribution in [0.1, 0.15) is 49.5 Å². The van der Waals surface area contributed by atoms with Crippen molar-refractivity contribution in [3.63, 3.8) is 0 Å². The molecule has 0 radical (unpaired) electrons. The van der Waals surface area contributed by atoms with Gasteiger partial charge < -0.3 is 10.6 Å². The van der Waals surface area contributed by atoms with Crippen LogP contribution in [0.15, 0.2) is 24.3 Å². The van der Waals surface area contributed by atoms with Crippen LogP contribution in [0.2, 0.25) is 0 Å². The van der Waals surface area contributed by atoms with E-state index in [1.807, 2.05) is 17.0 Å². The molecule has 1 fully saturated rings. The summed E-state index contributed by atoms with van der Waals surface area (Å²) in [6.45, 7) is 11.9. The predicted octanol–water partition coefficient (Wildman–Crippen LogP) is 3.57. The molecule has 6 heteroatoms. The van der Waals surface area contributed by atoms with E-state index in [0.29, 0.717) is 6.54 Å². The number of hydrogen-bond acceptors (Lipinski definition) is 3. The predicted molar refractivity (Wildman–Crippen MR) is 110 cm³/mol. The number of nitrogens with zero attached hydrogens (tertiary/aromatic N) is 2. The van der Waals surface area contributed by atoms with Gasteiger partial charge in [0.25, 0.3) is 5.91 Å². The SMILES string of the molecule is CCCN(CC)Cc1ccc(C(=O)N2CCC(C)(CN)C2)cc1.Cl.Cl. The van der Waals surface area contributed by atoms with Crippen molar-refractivity contribution in [1.29, 1.82) is 0 Å². The number of nitrogens with two attached hydrogens (primary N) is 1. The molecule has 1 saturated heterocycles. The summed E-state index contributed by atoms with van der Waals surface area (Å²) in [6, 6.07) is 8.11. The highest BCUT2D eigenvalue weighted by Gasteiger charge is 2.35. The summed E-state index contributed by atoms with van der Waals surface area (Å²) in [5.41, 5.74) is 7.97. The lowest BCUT2D eigenvalue weighted by molar-refractivity contribution is 0.0777. The molecular formula is C19H33Cl2N3O. The molecule has 1 atom stereocenters. The Kier molecular flexibility index (Phi) is 10.7. The summed E-state index contributed by atoms with van der Waals surface area (Å²) >= 11 is 0. The van der Waals surface area contributed by atoms with E-state index in [4.69, 9.17) is 5.73 Å². The Labute approximate surface area is 164 Å². The standard InChI is InChI=1S/C19H31N3O.2ClH/c1-4-11-21(5-2)13-16-6-8-17(9-7-16)18(23)22-12-10-19(3,14-20)15-22;;/h6-9H,4-5,10-15,20H2,1-3H3;2*1H. The molecule has 0 aromatic heterocycles. The second kappa shape index (κ2) is 11.0. The van der Waals surface area contributed by atoms with Crippen LogP contribution in [0.3, 0.4) is 0 Å². The third-order valence-corrected chi connectivity index (χ3v) is 4.93. The Morgan fingerprint density at radius 2 is 1.88 bits per heavy atom. The highest BCUT2D eigenvalue weighted by molar-refractivity contribution is 5.94. The van der Waals surface area contributed by atoms with Crippen LogP contribution in [-0.2, 0) is 6.54 Å². The van der Waals surface area contributed by atoms with Crippen LogP contribution in [0.5, 0.6) is 0 Å². The van der Waals surface area contributed by atoms with Gasteiger partial charge in [-0.25, -0.2) is 0 Å². The van der Waals surface area contributed by atoms with Gasteiger partial charge in [0.05, 0.1) is 0 Å². The molecule has 2 rings (SSSR count). The maximum absolute atomic E-state index is 12.6. The Hall–Kier alpha value is -0.810. The van der Waals surface area contributed by atoms with Crippen LogP contribution in [0.25, 0.3) is 0 Å². The van der Waals surface area contributed by atoms with Gasteiger partial charge in [-0.15, -0.1) is 24.8 Å². The van der Waals surface area contributed by atoms with Gasteiger partial charge in [0, 0.05) is 25.2 Å². The number of carbonyl (C=O) groups is 1. The van der Waals surface area contributed by atoms with Gasteiger partial charge in [0.15, 0.2) is 0 Å². The number of likely N-dealkylation sites (tertiary alicyclic amines) is 1. The van der Waals surface area contributed by atoms with E-state index in [-0.39, 0.29) is 36.1 Å². The van der Waals surface area contributed by atoms with Crippen LogP contribution in [0.4, 0.5) is 0 Å². The first-order valence-corrected chi connectivity index (χ1v) is 8.82. The topological polar surface area (TPSA) is 49.6 Å². The maximum Gasteiger partial charge on any atom is 0.253 e. The first-order valence-electron chi connectivity index (χ1n) is 8.82. The van der Waals surface area contributed by atoms with Gasteiger partial charge >= 0.3 is 0 Å². The van der Waals surface area contributed by atoms with Crippen LogP contribution in [-0.4, -0.2) is 48.4 Å². The Balaban J connectivity index is 0.00000288. The quantitative estimate of drug-likeness (QED) is 0.774. The average Bonchev–Trinajstić information content (AvgIpc) is 2.97. The van der Waals surface area contributed by atoms with Crippen LogP contribution >= 0.6 is 24.8 Å². The number of benzene rings is 1. The Morgan fingerprint density at radius 3 is 2.36 bits per heavy atom. The molecule has 2 N–H and O–H groups in total. The van der Waals surface area contributed by atoms with E-state index < -0.39 is 0 Å². The van der Waals surface area contributed by atoms with E-state index in [2.05, 4.69) is 37.8 Å². The molecule has 144 valence electrons. The fourth-order valence-electron chi connectivity index (χ4n) is 3.22. The summed E-state index contributed by atoms with van der Waals surface area (Å²) in [6.07, 6.45) is 2.16. The van der Waals surface area contributed by atoms with E-state index in [9.17, 15) is 4.79 Å². The summed E-state index contributed by atoms with van der Waals surface area (Å²) < 4.78 is 0. The molecule has 1 aromatic carbocycles. The smallest absolute Gasteiger partial charge is 0.253 e. The summed E-state index contributed by atoms with van der Waals surface area (Å²) in [5, 5.41) is 0. The maximum atomic E-state index is 12.6. The second-order valence-corrected chi connectivity index (χ2v) is 7.06. The van der Waals surface area contributed by atoms with Crippen molar-refractivity contribution in [2.24, 2.45) is 11.1 Å². The lowest BCUT2D eigenvalue weighted by atomic mass is 9.90. The van der Waals surface area contributed by atoms with Gasteiger partial charge in [0.2, 0.25) is 0 Å². The molecule has 0 saturated carbocycles. The van der Waals surface area contributed by atoms with E-state index in [1.54, 1.807) is 0 Å². The Morgan fingerprint density at radius 1 is 1.24 bits per heavy atom. The second-order valence-electron chi connectivity index (χ2n) is 7.06. The number of amides is 1. The molecule has 0 bridgehead atoms. The first-order chi connectivity index (χ1) is 11.0. The highest BCUT2D eigenvalue weighted by atomic mass is 35.5. The van der Waals surface area contributed by atoms with E-state index >= 15 is 0 Å². The molecule has 1 aromatic rings. The molecule has 1 aliphatic rings. The molecule has 4 nitrogen and oxygen atoms in total. The number of halogens is 2. The minimum absolute atomic E-state index is 0. The normalized spacial score (nSPS) is 19.5. The molecule has 1 aliphatic heterocycles. The molecule has 0 spiro atoms. The molecule has 25 heavy (non-hydrogen) atoms. The third-order valence-electron chi connectivity index (χ3n) is 4.93. The number of hydrogen-bond donors (Lipinski definition) is 1. The fraction of sp³-hybridized carbons (Fsp3) is 0.632. The van der Waals surface area contributed by atoms with Gasteiger partial charge in [0.1, 0.15) is 0 Å². The first kappa shape index (κ1) is 24.2. The summed E-state index contributed by atoms with van der Waals surface area (Å²) in [5.74, 6) is 0.134. The minimum Gasteiger partial charge on any atom is -0.338 e. The lowest BCUT2D eigenvalue weighted by Crippen LogP contribution is -2.34. The van der Waals surface area contributed by atoms with Crippen molar-refractivity contribution in [3.8, 4) is 0 Å². The van der Waals surface area contributed by atoms with Gasteiger partial charge in [-0.05, 0) is 55.6 Å². The minimum atomic E-state index is 0. The van der Waals surface area contributed by atoms with Crippen molar-refractivity contribution >= 4 is 30.7 Å². The Bertz CT molecular complexity index is 524. The zero-order valence-corrected chi connectivity index (χ0v) is 17.3. The third kappa shape index (κ3) is 6.45. The monoisotopic (exact) mass is 389 g/mol. The van der Waals surface area contributed by atoms with Crippen molar-refractivity contribution in [1.82, 2.24) is 9.80 Å². The van der Waals surface area contributed by atoms with Gasteiger partial charge in [-0.1, -0.05) is 32.9 Å². The fourth-order valence-corrected chi connectivity index (χ4v) is 3.22. The van der Waals surface area contributed by atoms with Crippen LogP contribution < -0.4 is 5.73 Å². The average molecular weight is 390 g/mol. The van der Waals surface area contributed by atoms with E-state index in [0.717, 1.165) is 44.7 Å². The van der Waals surface area contributed by atoms with Crippen molar-refractivity contribution < 1.29 is 4.79 Å². The summed E-state index contributed by atoms with van der Waals surface area (Å²) in [7, 11) is 0. The molecule has 1 unspecified atom stereocenters. The van der Waals surface area contributed by atoms with Crippen molar-refractivity contribution in [2.75, 3.05) is 32.7 Å². The molecule has 1 amide bonds. The molecule has 0 aliphatic carbocycles. The van der Waals surface area contributed by atoms with Gasteiger partial charge in [-0.2, -0.15) is 0 Å². The zero-order chi connectivity index (χ0) is 16.9.